The Kier molecular flexibility index (Phi) is 11.4. The zero-order valence-electron chi connectivity index (χ0n) is 14.3. The van der Waals surface area contributed by atoms with Gasteiger partial charge in [-0.1, -0.05) is 70.6 Å². The summed E-state index contributed by atoms with van der Waals surface area (Å²) in [7, 11) is 0. The van der Waals surface area contributed by atoms with Gasteiger partial charge in [-0.25, -0.2) is 0 Å². The van der Waals surface area contributed by atoms with Gasteiger partial charge in [-0.05, 0) is 31.1 Å². The first-order chi connectivity index (χ1) is 10.7. The van der Waals surface area contributed by atoms with Crippen LogP contribution >= 0.6 is 0 Å². The summed E-state index contributed by atoms with van der Waals surface area (Å²) in [6.07, 6.45) is 18.0. The van der Waals surface area contributed by atoms with Crippen molar-refractivity contribution in [2.75, 3.05) is 6.61 Å². The van der Waals surface area contributed by atoms with E-state index in [1.54, 1.807) is 0 Å². The van der Waals surface area contributed by atoms with Crippen LogP contribution < -0.4 is 0 Å². The van der Waals surface area contributed by atoms with Gasteiger partial charge >= 0.3 is 5.97 Å². The summed E-state index contributed by atoms with van der Waals surface area (Å²) in [6, 6.07) is 0. The number of rotatable bonds is 16. The highest BCUT2D eigenvalue weighted by atomic mass is 16.4. The number of carbonyl (C=O) groups is 1. The number of hydrogen-bond donors (Lipinski definition) is 2. The molecule has 1 aliphatic carbocycles. The van der Waals surface area contributed by atoms with Crippen molar-refractivity contribution in [2.45, 2.75) is 96.3 Å². The summed E-state index contributed by atoms with van der Waals surface area (Å²) < 4.78 is 0. The largest absolute Gasteiger partial charge is 0.481 e. The van der Waals surface area contributed by atoms with Crippen molar-refractivity contribution in [1.29, 1.82) is 0 Å². The Morgan fingerprint density at radius 3 is 1.68 bits per heavy atom. The summed E-state index contributed by atoms with van der Waals surface area (Å²) in [5.74, 6) is 1.37. The molecule has 22 heavy (non-hydrogen) atoms. The van der Waals surface area contributed by atoms with E-state index in [4.69, 9.17) is 10.2 Å². The molecule has 0 aliphatic heterocycles. The Morgan fingerprint density at radius 2 is 1.18 bits per heavy atom. The van der Waals surface area contributed by atoms with Crippen molar-refractivity contribution in [1.82, 2.24) is 0 Å². The quantitative estimate of drug-likeness (QED) is 0.387. The van der Waals surface area contributed by atoms with Crippen molar-refractivity contribution in [2.24, 2.45) is 11.8 Å². The molecular weight excluding hydrogens is 276 g/mol. The molecule has 2 N–H and O–H groups in total. The van der Waals surface area contributed by atoms with Gasteiger partial charge in [-0.2, -0.15) is 0 Å². The van der Waals surface area contributed by atoms with Gasteiger partial charge in [0, 0.05) is 13.0 Å². The molecule has 0 amide bonds. The van der Waals surface area contributed by atoms with Gasteiger partial charge in [0.15, 0.2) is 0 Å². The predicted molar refractivity (Wildman–Crippen MR) is 91.0 cm³/mol. The van der Waals surface area contributed by atoms with Gasteiger partial charge in [0.25, 0.3) is 0 Å². The minimum absolute atomic E-state index is 0.338. The zero-order chi connectivity index (χ0) is 16.0. The minimum atomic E-state index is -0.658. The molecule has 1 aliphatic rings. The van der Waals surface area contributed by atoms with Crippen LogP contribution in [-0.2, 0) is 4.79 Å². The highest BCUT2D eigenvalue weighted by molar-refractivity contribution is 5.66. The summed E-state index contributed by atoms with van der Waals surface area (Å²) in [6.45, 7) is 0.351. The van der Waals surface area contributed by atoms with Crippen molar-refractivity contribution in [3.05, 3.63) is 0 Å². The lowest BCUT2D eigenvalue weighted by Gasteiger charge is -2.02. The van der Waals surface area contributed by atoms with Gasteiger partial charge in [-0.3, -0.25) is 4.79 Å². The Bertz CT molecular complexity index is 278. The Labute approximate surface area is 136 Å². The van der Waals surface area contributed by atoms with Gasteiger partial charge < -0.3 is 10.2 Å². The Balaban J connectivity index is 1.76. The lowest BCUT2D eigenvalue weighted by atomic mass is 10.0. The van der Waals surface area contributed by atoms with Crippen LogP contribution in [0.15, 0.2) is 0 Å². The summed E-state index contributed by atoms with van der Waals surface area (Å²) in [4.78, 5) is 10.4. The van der Waals surface area contributed by atoms with E-state index < -0.39 is 5.97 Å². The molecule has 0 radical (unpaired) electrons. The van der Waals surface area contributed by atoms with E-state index in [0.29, 0.717) is 13.0 Å². The van der Waals surface area contributed by atoms with Crippen LogP contribution in [0.5, 0.6) is 0 Å². The molecule has 0 spiro atoms. The standard InChI is InChI=1S/C19H36O3/c20-15-11-7-2-1-4-8-12-17-16-18(17)13-9-5-3-6-10-14-19(21)22/h17-18,20H,1-16H2,(H,21,22). The third-order valence-electron chi connectivity index (χ3n) is 5.02. The number of carboxylic acid groups (broad SMARTS) is 1. The van der Waals surface area contributed by atoms with Crippen molar-refractivity contribution in [3.8, 4) is 0 Å². The fraction of sp³-hybridized carbons (Fsp3) is 0.947. The average molecular weight is 312 g/mol. The highest BCUT2D eigenvalue weighted by Gasteiger charge is 2.34. The van der Waals surface area contributed by atoms with Crippen LogP contribution in [0, 0.1) is 11.8 Å². The Morgan fingerprint density at radius 1 is 0.727 bits per heavy atom. The van der Waals surface area contributed by atoms with Crippen LogP contribution in [0.3, 0.4) is 0 Å². The first kappa shape index (κ1) is 19.5. The van der Waals surface area contributed by atoms with Crippen LogP contribution in [-0.4, -0.2) is 22.8 Å². The van der Waals surface area contributed by atoms with Gasteiger partial charge in [-0.15, -0.1) is 0 Å². The molecule has 0 bridgehead atoms. The number of aliphatic hydroxyl groups is 1. The van der Waals surface area contributed by atoms with E-state index >= 15 is 0 Å². The molecule has 1 saturated carbocycles. The fourth-order valence-corrected chi connectivity index (χ4v) is 3.46. The van der Waals surface area contributed by atoms with E-state index in [9.17, 15) is 4.79 Å². The first-order valence-corrected chi connectivity index (χ1v) is 9.56. The molecule has 0 saturated heterocycles. The van der Waals surface area contributed by atoms with Crippen LogP contribution in [0.25, 0.3) is 0 Å². The molecule has 1 fully saturated rings. The van der Waals surface area contributed by atoms with Crippen LogP contribution in [0.1, 0.15) is 96.3 Å². The van der Waals surface area contributed by atoms with E-state index in [1.807, 2.05) is 0 Å². The molecule has 0 aromatic carbocycles. The molecule has 0 aromatic heterocycles. The second-order valence-electron chi connectivity index (χ2n) is 7.09. The number of carboxylic acids is 1. The van der Waals surface area contributed by atoms with Crippen LogP contribution in [0.2, 0.25) is 0 Å². The molecule has 1 rings (SSSR count). The molecular formula is C19H36O3. The lowest BCUT2D eigenvalue weighted by Crippen LogP contribution is -1.93. The maximum Gasteiger partial charge on any atom is 0.303 e. The molecule has 2 unspecified atom stereocenters. The normalized spacial score (nSPS) is 20.2. The summed E-state index contributed by atoms with van der Waals surface area (Å²) in [5.41, 5.74) is 0. The lowest BCUT2D eigenvalue weighted by molar-refractivity contribution is -0.137. The fourth-order valence-electron chi connectivity index (χ4n) is 3.46. The second-order valence-corrected chi connectivity index (χ2v) is 7.09. The third-order valence-corrected chi connectivity index (χ3v) is 5.02. The van der Waals surface area contributed by atoms with E-state index in [0.717, 1.165) is 31.1 Å². The molecule has 0 heterocycles. The average Bonchev–Trinajstić information content (AvgIpc) is 3.23. The number of aliphatic carboxylic acids is 1. The van der Waals surface area contributed by atoms with Gasteiger partial charge in [0.2, 0.25) is 0 Å². The predicted octanol–water partition coefficient (Wildman–Crippen LogP) is 5.16. The zero-order valence-corrected chi connectivity index (χ0v) is 14.3. The molecule has 3 nitrogen and oxygen atoms in total. The molecule has 0 aromatic rings. The number of aliphatic hydroxyl groups excluding tert-OH is 1. The van der Waals surface area contributed by atoms with Crippen molar-refractivity contribution < 1.29 is 15.0 Å². The minimum Gasteiger partial charge on any atom is -0.481 e. The maximum absolute atomic E-state index is 10.4. The second kappa shape index (κ2) is 12.9. The summed E-state index contributed by atoms with van der Waals surface area (Å²) in [5, 5.41) is 17.3. The first-order valence-electron chi connectivity index (χ1n) is 9.56. The van der Waals surface area contributed by atoms with E-state index in [1.165, 1.54) is 70.6 Å². The number of hydrogen-bond acceptors (Lipinski definition) is 2. The summed E-state index contributed by atoms with van der Waals surface area (Å²) >= 11 is 0. The van der Waals surface area contributed by atoms with Crippen molar-refractivity contribution >= 4 is 5.97 Å². The molecule has 3 heteroatoms. The SMILES string of the molecule is O=C(O)CCCCCCCC1CC1CCCCCCCCO. The van der Waals surface area contributed by atoms with Gasteiger partial charge in [0.05, 0.1) is 0 Å². The third kappa shape index (κ3) is 11.1. The van der Waals surface area contributed by atoms with E-state index in [2.05, 4.69) is 0 Å². The molecule has 2 atom stereocenters. The van der Waals surface area contributed by atoms with Crippen molar-refractivity contribution in [3.63, 3.8) is 0 Å². The smallest absolute Gasteiger partial charge is 0.303 e. The van der Waals surface area contributed by atoms with Gasteiger partial charge in [0.1, 0.15) is 0 Å². The highest BCUT2D eigenvalue weighted by Crippen LogP contribution is 2.45. The maximum atomic E-state index is 10.4. The Hall–Kier alpha value is -0.570. The van der Waals surface area contributed by atoms with E-state index in [-0.39, 0.29) is 0 Å². The molecule has 130 valence electrons. The topological polar surface area (TPSA) is 57.5 Å². The monoisotopic (exact) mass is 312 g/mol. The van der Waals surface area contributed by atoms with Crippen LogP contribution in [0.4, 0.5) is 0 Å². The number of unbranched alkanes of at least 4 members (excludes halogenated alkanes) is 9.